The molecule has 1 unspecified atom stereocenters. The molecule has 0 bridgehead atoms. The predicted molar refractivity (Wildman–Crippen MR) is 128 cm³/mol. The van der Waals surface area contributed by atoms with Crippen LogP contribution in [0.25, 0.3) is 0 Å². The molecule has 4 rings (SSSR count). The average molecular weight is 480 g/mol. The fourth-order valence-corrected chi connectivity index (χ4v) is 5.30. The lowest BCUT2D eigenvalue weighted by atomic mass is 9.67. The van der Waals surface area contributed by atoms with Crippen molar-refractivity contribution >= 4 is 23.6 Å². The molecule has 4 amide bonds. The Morgan fingerprint density at radius 2 is 1.60 bits per heavy atom. The number of hydrogen-bond donors (Lipinski definition) is 1. The van der Waals surface area contributed by atoms with Crippen LogP contribution >= 0.6 is 0 Å². The molecule has 8 heteroatoms. The van der Waals surface area contributed by atoms with Crippen molar-refractivity contribution in [3.63, 3.8) is 0 Å². The van der Waals surface area contributed by atoms with Gasteiger partial charge in [0, 0.05) is 20.1 Å². The quantitative estimate of drug-likeness (QED) is 0.668. The molecular weight excluding hydrogens is 449 g/mol. The average Bonchev–Trinajstić information content (AvgIpc) is 3.03. The number of nitrogens with one attached hydrogen (secondary N) is 1. The summed E-state index contributed by atoms with van der Waals surface area (Å²) in [4.78, 5) is 55.2. The first-order valence-electron chi connectivity index (χ1n) is 11.9. The lowest BCUT2D eigenvalue weighted by molar-refractivity contribution is -0.144. The third-order valence-corrected chi connectivity index (χ3v) is 7.30. The highest BCUT2D eigenvalue weighted by Crippen LogP contribution is 2.51. The molecule has 0 aliphatic carbocycles. The van der Waals surface area contributed by atoms with Crippen molar-refractivity contribution in [2.45, 2.75) is 38.6 Å². The Labute approximate surface area is 204 Å². The van der Waals surface area contributed by atoms with Crippen molar-refractivity contribution in [2.75, 3.05) is 20.1 Å². The summed E-state index contributed by atoms with van der Waals surface area (Å²) in [5.41, 5.74) is -0.215. The van der Waals surface area contributed by atoms with E-state index in [1.807, 2.05) is 44.2 Å². The van der Waals surface area contributed by atoms with Gasteiger partial charge in [0.2, 0.25) is 17.7 Å². The number of amides is 4. The molecule has 184 valence electrons. The van der Waals surface area contributed by atoms with Crippen molar-refractivity contribution in [3.8, 4) is 0 Å². The van der Waals surface area contributed by atoms with Crippen LogP contribution < -0.4 is 5.32 Å². The zero-order valence-electron chi connectivity index (χ0n) is 20.2. The number of nitrogens with zero attached hydrogens (tertiary/aromatic N) is 2. The third-order valence-electron chi connectivity index (χ3n) is 7.30. The number of piperidine rings is 1. The second kappa shape index (κ2) is 9.60. The van der Waals surface area contributed by atoms with E-state index in [2.05, 4.69) is 5.32 Å². The Morgan fingerprint density at radius 3 is 2.20 bits per heavy atom. The summed E-state index contributed by atoms with van der Waals surface area (Å²) in [6.07, 6.45) is 0.693. The highest BCUT2D eigenvalue weighted by Gasteiger charge is 2.59. The number of rotatable bonds is 5. The number of carbonyl (C=O) groups excluding carboxylic acids is 4. The Bertz CT molecular complexity index is 1140. The van der Waals surface area contributed by atoms with Gasteiger partial charge in [-0.1, -0.05) is 56.3 Å². The number of hydrogen-bond acceptors (Lipinski definition) is 4. The molecule has 2 aromatic rings. The van der Waals surface area contributed by atoms with Gasteiger partial charge in [0.25, 0.3) is 5.91 Å². The summed E-state index contributed by atoms with van der Waals surface area (Å²) in [7, 11) is 1.51. The summed E-state index contributed by atoms with van der Waals surface area (Å²) < 4.78 is 14.1. The minimum atomic E-state index is -0.895. The monoisotopic (exact) mass is 479 g/mol. The molecule has 1 spiro atoms. The van der Waals surface area contributed by atoms with Gasteiger partial charge in [0.05, 0.1) is 16.9 Å². The highest BCUT2D eigenvalue weighted by atomic mass is 19.1. The Morgan fingerprint density at radius 1 is 1.00 bits per heavy atom. The van der Waals surface area contributed by atoms with Gasteiger partial charge in [0.1, 0.15) is 11.9 Å². The Kier molecular flexibility index (Phi) is 6.74. The van der Waals surface area contributed by atoms with Gasteiger partial charge in [0.15, 0.2) is 0 Å². The lowest BCUT2D eigenvalue weighted by Gasteiger charge is -2.41. The summed E-state index contributed by atoms with van der Waals surface area (Å²) in [6.45, 7) is 4.20. The molecule has 1 N–H and O–H groups in total. The molecule has 2 aliphatic heterocycles. The van der Waals surface area contributed by atoms with Crippen LogP contribution in [0.15, 0.2) is 54.6 Å². The second-order valence-corrected chi connectivity index (χ2v) is 9.70. The minimum absolute atomic E-state index is 0.118. The van der Waals surface area contributed by atoms with Crippen LogP contribution in [0.2, 0.25) is 0 Å². The van der Waals surface area contributed by atoms with Crippen LogP contribution in [-0.4, -0.2) is 59.6 Å². The van der Waals surface area contributed by atoms with E-state index in [9.17, 15) is 23.6 Å². The van der Waals surface area contributed by atoms with Crippen molar-refractivity contribution < 1.29 is 23.6 Å². The van der Waals surface area contributed by atoms with E-state index in [0.29, 0.717) is 12.8 Å². The van der Waals surface area contributed by atoms with E-state index in [1.165, 1.54) is 30.1 Å². The number of carbonyl (C=O) groups is 4. The van der Waals surface area contributed by atoms with Gasteiger partial charge in [-0.05, 0) is 36.5 Å². The number of benzene rings is 2. The molecule has 0 radical (unpaired) electrons. The van der Waals surface area contributed by atoms with E-state index in [4.69, 9.17) is 0 Å². The van der Waals surface area contributed by atoms with Crippen LogP contribution in [-0.2, 0) is 14.4 Å². The van der Waals surface area contributed by atoms with Gasteiger partial charge in [-0.2, -0.15) is 0 Å². The van der Waals surface area contributed by atoms with Crippen LogP contribution in [0.3, 0.4) is 0 Å². The summed E-state index contributed by atoms with van der Waals surface area (Å²) in [6, 6.07) is 14.1. The highest BCUT2D eigenvalue weighted by molar-refractivity contribution is 6.10. The van der Waals surface area contributed by atoms with Crippen LogP contribution in [0, 0.1) is 17.2 Å². The predicted octanol–water partition coefficient (Wildman–Crippen LogP) is 2.97. The maximum atomic E-state index is 14.1. The molecule has 2 aliphatic rings. The van der Waals surface area contributed by atoms with E-state index in [-0.39, 0.29) is 42.3 Å². The van der Waals surface area contributed by atoms with Gasteiger partial charge < -0.3 is 10.2 Å². The van der Waals surface area contributed by atoms with Gasteiger partial charge in [-0.3, -0.25) is 24.1 Å². The molecular formula is C27H30FN3O4. The molecule has 0 saturated carbocycles. The maximum absolute atomic E-state index is 14.1. The minimum Gasteiger partial charge on any atom is -0.341 e. The normalized spacial score (nSPS) is 20.4. The molecule has 2 atom stereocenters. The van der Waals surface area contributed by atoms with E-state index in [1.54, 1.807) is 11.0 Å². The lowest BCUT2D eigenvalue weighted by Crippen LogP contribution is -2.55. The fourth-order valence-electron chi connectivity index (χ4n) is 5.30. The summed E-state index contributed by atoms with van der Waals surface area (Å²) in [5, 5.41) is 2.69. The first-order valence-corrected chi connectivity index (χ1v) is 11.9. The smallest absolute Gasteiger partial charge is 0.254 e. The molecule has 2 aromatic carbocycles. The topological polar surface area (TPSA) is 86.8 Å². The summed E-state index contributed by atoms with van der Waals surface area (Å²) in [5.74, 6) is -2.82. The van der Waals surface area contributed by atoms with Crippen molar-refractivity contribution in [3.05, 3.63) is 71.5 Å². The standard InChI is InChI=1S/C27H30FN3O4/c1-17(2)22(29-23(32)19-11-7-8-12-20(19)28)25(34)31-15-13-27(14-16-31)21(18-9-5-4-6-10-18)24(33)30(3)26(27)35/h4-12,17,21-22H,13-16H2,1-3H3,(H,29,32)/t21?,22-/m1/s1. The van der Waals surface area contributed by atoms with Crippen molar-refractivity contribution in [1.82, 2.24) is 15.1 Å². The van der Waals surface area contributed by atoms with Crippen molar-refractivity contribution in [1.29, 1.82) is 0 Å². The van der Waals surface area contributed by atoms with Gasteiger partial charge in [-0.15, -0.1) is 0 Å². The van der Waals surface area contributed by atoms with Crippen LogP contribution in [0.1, 0.15) is 48.5 Å². The zero-order chi connectivity index (χ0) is 25.3. The third kappa shape index (κ3) is 4.33. The first-order chi connectivity index (χ1) is 16.7. The number of imide groups is 1. The van der Waals surface area contributed by atoms with E-state index < -0.39 is 29.1 Å². The Balaban J connectivity index is 1.52. The molecule has 2 heterocycles. The van der Waals surface area contributed by atoms with Gasteiger partial charge >= 0.3 is 0 Å². The van der Waals surface area contributed by atoms with Gasteiger partial charge in [-0.25, -0.2) is 4.39 Å². The summed E-state index contributed by atoms with van der Waals surface area (Å²) >= 11 is 0. The molecule has 7 nitrogen and oxygen atoms in total. The molecule has 2 fully saturated rings. The maximum Gasteiger partial charge on any atom is 0.254 e. The molecule has 2 saturated heterocycles. The zero-order valence-corrected chi connectivity index (χ0v) is 20.2. The van der Waals surface area contributed by atoms with Crippen LogP contribution in [0.4, 0.5) is 4.39 Å². The van der Waals surface area contributed by atoms with E-state index in [0.717, 1.165) is 5.56 Å². The first kappa shape index (κ1) is 24.6. The number of likely N-dealkylation sites (tertiary alicyclic amines) is 2. The Hall–Kier alpha value is -3.55. The second-order valence-electron chi connectivity index (χ2n) is 9.70. The van der Waals surface area contributed by atoms with Crippen molar-refractivity contribution in [2.24, 2.45) is 11.3 Å². The molecule has 0 aromatic heterocycles. The number of likely N-dealkylation sites (N-methyl/N-ethyl adjacent to an activating group) is 1. The van der Waals surface area contributed by atoms with E-state index >= 15 is 0 Å². The van der Waals surface area contributed by atoms with Crippen LogP contribution in [0.5, 0.6) is 0 Å². The fraction of sp³-hybridized carbons (Fsp3) is 0.407. The largest absolute Gasteiger partial charge is 0.341 e. The molecule has 35 heavy (non-hydrogen) atoms. The number of halogens is 1. The SMILES string of the molecule is CC(C)[C@@H](NC(=O)c1ccccc1F)C(=O)N1CCC2(CC1)C(=O)N(C)C(=O)C2c1ccccc1.